The Bertz CT molecular complexity index is 543. The molecule has 0 bridgehead atoms. The molecule has 2 aliphatic rings. The average Bonchev–Trinajstić information content (AvgIpc) is 2.92. The van der Waals surface area contributed by atoms with Crippen molar-refractivity contribution >= 4 is 17.5 Å². The second-order valence-corrected chi connectivity index (χ2v) is 6.62. The van der Waals surface area contributed by atoms with Crippen molar-refractivity contribution in [3.8, 4) is 0 Å². The molecule has 1 aromatic carbocycles. The summed E-state index contributed by atoms with van der Waals surface area (Å²) in [6, 6.07) is 9.88. The minimum atomic E-state index is -0.221. The van der Waals surface area contributed by atoms with Gasteiger partial charge in [-0.05, 0) is 30.9 Å². The van der Waals surface area contributed by atoms with Crippen LogP contribution in [0.2, 0.25) is 0 Å². The third kappa shape index (κ3) is 3.16. The molecule has 0 spiro atoms. The van der Waals surface area contributed by atoms with E-state index in [-0.39, 0.29) is 23.8 Å². The Morgan fingerprint density at radius 3 is 2.64 bits per heavy atom. The van der Waals surface area contributed by atoms with Crippen LogP contribution in [-0.2, 0) is 9.59 Å². The third-order valence-electron chi connectivity index (χ3n) is 5.00. The summed E-state index contributed by atoms with van der Waals surface area (Å²) in [5.74, 6) is 0.412. The number of nitrogens with zero attached hydrogens (tertiary/aromatic N) is 1. The standard InChI is InChI=1S/C18H24N2O2/c1-13-7-5-6-10-16(13)19-18(22)14-11-17(21)20(12-14)15-8-3-2-4-9-15/h2-4,8-9,13-14,16H,5-7,10-12H2,1H3,(H,19,22)/t13-,14-,16+/m1/s1. The first-order valence-electron chi connectivity index (χ1n) is 8.31. The highest BCUT2D eigenvalue weighted by Gasteiger charge is 2.36. The van der Waals surface area contributed by atoms with E-state index in [4.69, 9.17) is 0 Å². The van der Waals surface area contributed by atoms with Gasteiger partial charge in [-0.25, -0.2) is 0 Å². The number of rotatable bonds is 3. The van der Waals surface area contributed by atoms with Crippen LogP contribution < -0.4 is 10.2 Å². The molecule has 1 aliphatic carbocycles. The Labute approximate surface area is 131 Å². The number of amides is 2. The lowest BCUT2D eigenvalue weighted by Crippen LogP contribution is -2.44. The van der Waals surface area contributed by atoms with E-state index in [1.54, 1.807) is 4.90 Å². The first kappa shape index (κ1) is 15.1. The Balaban J connectivity index is 1.61. The Morgan fingerprint density at radius 2 is 1.91 bits per heavy atom. The molecule has 0 radical (unpaired) electrons. The van der Waals surface area contributed by atoms with E-state index in [0.29, 0.717) is 18.9 Å². The maximum absolute atomic E-state index is 12.5. The van der Waals surface area contributed by atoms with E-state index >= 15 is 0 Å². The van der Waals surface area contributed by atoms with Crippen LogP contribution in [0.25, 0.3) is 0 Å². The van der Waals surface area contributed by atoms with E-state index in [0.717, 1.165) is 12.1 Å². The summed E-state index contributed by atoms with van der Waals surface area (Å²) in [6.07, 6.45) is 5.02. The normalized spacial score (nSPS) is 28.7. The van der Waals surface area contributed by atoms with Gasteiger partial charge < -0.3 is 10.2 Å². The number of carbonyl (C=O) groups is 2. The van der Waals surface area contributed by atoms with Gasteiger partial charge in [-0.3, -0.25) is 9.59 Å². The topological polar surface area (TPSA) is 49.4 Å². The maximum Gasteiger partial charge on any atom is 0.227 e. The second-order valence-electron chi connectivity index (χ2n) is 6.62. The highest BCUT2D eigenvalue weighted by molar-refractivity contribution is 6.00. The van der Waals surface area contributed by atoms with Crippen LogP contribution >= 0.6 is 0 Å². The molecular weight excluding hydrogens is 276 g/mol. The molecule has 1 saturated heterocycles. The molecule has 1 aliphatic heterocycles. The van der Waals surface area contributed by atoms with Crippen LogP contribution in [0.3, 0.4) is 0 Å². The van der Waals surface area contributed by atoms with Gasteiger partial charge in [0.15, 0.2) is 0 Å². The van der Waals surface area contributed by atoms with E-state index in [9.17, 15) is 9.59 Å². The number of hydrogen-bond donors (Lipinski definition) is 1. The predicted molar refractivity (Wildman–Crippen MR) is 86.5 cm³/mol. The molecule has 118 valence electrons. The average molecular weight is 300 g/mol. The predicted octanol–water partition coefficient (Wildman–Crippen LogP) is 2.73. The van der Waals surface area contributed by atoms with Gasteiger partial charge >= 0.3 is 0 Å². The van der Waals surface area contributed by atoms with Crippen molar-refractivity contribution in [1.82, 2.24) is 5.32 Å². The minimum Gasteiger partial charge on any atom is -0.353 e. The van der Waals surface area contributed by atoms with Gasteiger partial charge in [-0.15, -0.1) is 0 Å². The zero-order valence-corrected chi connectivity index (χ0v) is 13.1. The number of nitrogens with one attached hydrogen (secondary N) is 1. The lowest BCUT2D eigenvalue weighted by molar-refractivity contribution is -0.127. The zero-order valence-electron chi connectivity index (χ0n) is 13.1. The first-order valence-corrected chi connectivity index (χ1v) is 8.31. The van der Waals surface area contributed by atoms with Crippen molar-refractivity contribution in [3.63, 3.8) is 0 Å². The summed E-state index contributed by atoms with van der Waals surface area (Å²) in [5.41, 5.74) is 0.883. The van der Waals surface area contributed by atoms with Crippen LogP contribution in [0.4, 0.5) is 5.69 Å². The molecule has 1 aromatic rings. The molecule has 1 heterocycles. The third-order valence-corrected chi connectivity index (χ3v) is 5.00. The van der Waals surface area contributed by atoms with E-state index in [2.05, 4.69) is 12.2 Å². The fourth-order valence-electron chi connectivity index (χ4n) is 3.57. The van der Waals surface area contributed by atoms with Gasteiger partial charge in [0.25, 0.3) is 0 Å². The summed E-state index contributed by atoms with van der Waals surface area (Å²) in [4.78, 5) is 26.4. The van der Waals surface area contributed by atoms with Crippen LogP contribution in [0, 0.1) is 11.8 Å². The van der Waals surface area contributed by atoms with Crippen molar-refractivity contribution in [3.05, 3.63) is 30.3 Å². The summed E-state index contributed by atoms with van der Waals surface area (Å²) >= 11 is 0. The molecule has 0 unspecified atom stereocenters. The zero-order chi connectivity index (χ0) is 15.5. The molecule has 1 saturated carbocycles. The minimum absolute atomic E-state index is 0.0445. The van der Waals surface area contributed by atoms with E-state index in [1.807, 2.05) is 30.3 Å². The number of carbonyl (C=O) groups excluding carboxylic acids is 2. The van der Waals surface area contributed by atoms with E-state index in [1.165, 1.54) is 19.3 Å². The number of hydrogen-bond acceptors (Lipinski definition) is 2. The number of para-hydroxylation sites is 1. The highest BCUT2D eigenvalue weighted by atomic mass is 16.2. The SMILES string of the molecule is C[C@@H]1CCCC[C@@H]1NC(=O)[C@@H]1CC(=O)N(c2ccccc2)C1. The van der Waals surface area contributed by atoms with Gasteiger partial charge in [0.1, 0.15) is 0 Å². The summed E-state index contributed by atoms with van der Waals surface area (Å²) in [5, 5.41) is 3.19. The second kappa shape index (κ2) is 6.51. The molecule has 4 heteroatoms. The Hall–Kier alpha value is -1.84. The fourth-order valence-corrected chi connectivity index (χ4v) is 3.57. The van der Waals surface area contributed by atoms with Crippen LogP contribution in [0.5, 0.6) is 0 Å². The Morgan fingerprint density at radius 1 is 1.18 bits per heavy atom. The summed E-state index contributed by atoms with van der Waals surface area (Å²) in [6.45, 7) is 2.70. The molecule has 3 rings (SSSR count). The van der Waals surface area contributed by atoms with Gasteiger partial charge in [0, 0.05) is 24.7 Å². The molecule has 1 N–H and O–H groups in total. The Kier molecular flexibility index (Phi) is 4.46. The van der Waals surface area contributed by atoms with Crippen molar-refractivity contribution < 1.29 is 9.59 Å². The molecule has 3 atom stereocenters. The van der Waals surface area contributed by atoms with Gasteiger partial charge in [0.05, 0.1) is 5.92 Å². The van der Waals surface area contributed by atoms with Crippen molar-refractivity contribution in [2.75, 3.05) is 11.4 Å². The number of benzene rings is 1. The summed E-state index contributed by atoms with van der Waals surface area (Å²) < 4.78 is 0. The lowest BCUT2D eigenvalue weighted by atomic mass is 9.85. The number of anilines is 1. The maximum atomic E-state index is 12.5. The van der Waals surface area contributed by atoms with Crippen LogP contribution in [0.15, 0.2) is 30.3 Å². The van der Waals surface area contributed by atoms with Crippen molar-refractivity contribution in [2.45, 2.75) is 45.1 Å². The lowest BCUT2D eigenvalue weighted by Gasteiger charge is -2.30. The van der Waals surface area contributed by atoms with Crippen LogP contribution in [-0.4, -0.2) is 24.4 Å². The molecule has 4 nitrogen and oxygen atoms in total. The molecule has 2 amide bonds. The van der Waals surface area contributed by atoms with Gasteiger partial charge in [-0.1, -0.05) is 38.0 Å². The molecule has 22 heavy (non-hydrogen) atoms. The monoisotopic (exact) mass is 300 g/mol. The molecule has 2 fully saturated rings. The fraction of sp³-hybridized carbons (Fsp3) is 0.556. The highest BCUT2D eigenvalue weighted by Crippen LogP contribution is 2.27. The van der Waals surface area contributed by atoms with E-state index < -0.39 is 0 Å². The van der Waals surface area contributed by atoms with Crippen molar-refractivity contribution in [1.29, 1.82) is 0 Å². The van der Waals surface area contributed by atoms with Gasteiger partial charge in [-0.2, -0.15) is 0 Å². The molecule has 0 aromatic heterocycles. The van der Waals surface area contributed by atoms with Crippen molar-refractivity contribution in [2.24, 2.45) is 11.8 Å². The first-order chi connectivity index (χ1) is 10.6. The van der Waals surface area contributed by atoms with Gasteiger partial charge in [0.2, 0.25) is 11.8 Å². The molecular formula is C18H24N2O2. The summed E-state index contributed by atoms with van der Waals surface area (Å²) in [7, 11) is 0. The quantitative estimate of drug-likeness (QED) is 0.933. The van der Waals surface area contributed by atoms with Crippen LogP contribution in [0.1, 0.15) is 39.0 Å². The smallest absolute Gasteiger partial charge is 0.227 e. The largest absolute Gasteiger partial charge is 0.353 e.